The van der Waals surface area contributed by atoms with E-state index in [0.29, 0.717) is 31.4 Å². The molecule has 0 aromatic heterocycles. The second-order valence-electron chi connectivity index (χ2n) is 7.72. The van der Waals surface area contributed by atoms with Gasteiger partial charge in [-0.15, -0.1) is 12.4 Å². The van der Waals surface area contributed by atoms with Gasteiger partial charge in [0.2, 0.25) is 12.3 Å². The maximum Gasteiger partial charge on any atom is 0.416 e. The molecular formula is C20H29ClF3N3O3. The Balaban J connectivity index is 0.00000450. The first kappa shape index (κ1) is 26.2. The van der Waals surface area contributed by atoms with E-state index in [1.165, 1.54) is 4.90 Å². The molecule has 30 heavy (non-hydrogen) atoms. The van der Waals surface area contributed by atoms with Crippen LogP contribution in [0.1, 0.15) is 32.3 Å². The van der Waals surface area contributed by atoms with E-state index >= 15 is 0 Å². The van der Waals surface area contributed by atoms with E-state index in [0.717, 1.165) is 4.90 Å². The van der Waals surface area contributed by atoms with Gasteiger partial charge >= 0.3 is 6.18 Å². The van der Waals surface area contributed by atoms with E-state index in [2.05, 4.69) is 0 Å². The van der Waals surface area contributed by atoms with Gasteiger partial charge < -0.3 is 20.6 Å². The number of hydrogen-bond acceptors (Lipinski definition) is 4. The van der Waals surface area contributed by atoms with E-state index in [9.17, 15) is 27.9 Å². The highest BCUT2D eigenvalue weighted by Gasteiger charge is 2.48. The van der Waals surface area contributed by atoms with Crippen LogP contribution in [0.3, 0.4) is 0 Å². The van der Waals surface area contributed by atoms with E-state index in [-0.39, 0.29) is 24.7 Å². The van der Waals surface area contributed by atoms with E-state index in [1.807, 2.05) is 0 Å². The number of nitrogens with zero attached hydrogens (tertiary/aromatic N) is 2. The number of halogens is 4. The molecule has 1 fully saturated rings. The van der Waals surface area contributed by atoms with Crippen LogP contribution >= 0.6 is 12.4 Å². The molecule has 0 unspecified atom stereocenters. The summed E-state index contributed by atoms with van der Waals surface area (Å²) in [6.07, 6.45) is -7.59. The minimum Gasteiger partial charge on any atom is -0.382 e. The van der Waals surface area contributed by atoms with Gasteiger partial charge in [0, 0.05) is 6.54 Å². The van der Waals surface area contributed by atoms with Gasteiger partial charge in [0.15, 0.2) is 6.10 Å². The van der Waals surface area contributed by atoms with Gasteiger partial charge in [-0.05, 0) is 30.7 Å². The summed E-state index contributed by atoms with van der Waals surface area (Å²) in [5, 5.41) is 10.0. The van der Waals surface area contributed by atoms with Crippen LogP contribution in [0.2, 0.25) is 0 Å². The Kier molecular flexibility index (Phi) is 9.58. The molecule has 0 radical (unpaired) electrons. The number of nitrogens with two attached hydrogens (primary N) is 1. The fourth-order valence-electron chi connectivity index (χ4n) is 3.62. The molecule has 1 saturated heterocycles. The highest BCUT2D eigenvalue weighted by molar-refractivity contribution is 5.85. The standard InChI is InChI=1S/C20H28F3N3O3.ClH/c1-13(2)17(24)19(29)25-10-6-9-16(25)26(12-27)15(18(28)20(21,22)23)11-14-7-4-3-5-8-14;/h3-5,7-8,12-13,15-18,28H,6,9-11,24H2,1-2H3;1H/t15-,16+,17-,18-;/m0./s1. The lowest BCUT2D eigenvalue weighted by molar-refractivity contribution is -0.224. The smallest absolute Gasteiger partial charge is 0.382 e. The normalized spacial score (nSPS) is 19.7. The third kappa shape index (κ3) is 6.09. The number of alkyl halides is 3. The van der Waals surface area contributed by atoms with E-state index in [4.69, 9.17) is 5.73 Å². The number of carbonyl (C=O) groups is 2. The summed E-state index contributed by atoms with van der Waals surface area (Å²) in [5.74, 6) is -0.566. The van der Waals surface area contributed by atoms with Gasteiger partial charge in [-0.2, -0.15) is 13.2 Å². The van der Waals surface area contributed by atoms with Crippen LogP contribution in [0.15, 0.2) is 30.3 Å². The summed E-state index contributed by atoms with van der Waals surface area (Å²) < 4.78 is 40.1. The Morgan fingerprint density at radius 3 is 2.43 bits per heavy atom. The van der Waals surface area contributed by atoms with Crippen molar-refractivity contribution in [2.45, 2.75) is 63.6 Å². The molecular weight excluding hydrogens is 423 g/mol. The first-order valence-corrected chi connectivity index (χ1v) is 9.65. The van der Waals surface area contributed by atoms with Gasteiger partial charge in [-0.1, -0.05) is 44.2 Å². The molecule has 1 heterocycles. The second-order valence-corrected chi connectivity index (χ2v) is 7.72. The van der Waals surface area contributed by atoms with Crippen LogP contribution in [0.4, 0.5) is 13.2 Å². The van der Waals surface area contributed by atoms with Gasteiger partial charge in [-0.25, -0.2) is 0 Å². The minimum absolute atomic E-state index is 0. The highest BCUT2D eigenvalue weighted by atomic mass is 35.5. The molecule has 1 aliphatic heterocycles. The van der Waals surface area contributed by atoms with Crippen molar-refractivity contribution in [2.75, 3.05) is 6.54 Å². The Morgan fingerprint density at radius 1 is 1.33 bits per heavy atom. The predicted octanol–water partition coefficient (Wildman–Crippen LogP) is 2.33. The molecule has 0 spiro atoms. The molecule has 1 aromatic rings. The van der Waals surface area contributed by atoms with Crippen LogP contribution in [0.5, 0.6) is 0 Å². The van der Waals surface area contributed by atoms with Gasteiger partial charge in [0.1, 0.15) is 6.17 Å². The van der Waals surface area contributed by atoms with Gasteiger partial charge in [-0.3, -0.25) is 9.59 Å². The molecule has 1 aliphatic rings. The van der Waals surface area contributed by atoms with Crippen molar-refractivity contribution in [1.29, 1.82) is 0 Å². The van der Waals surface area contributed by atoms with Crippen LogP contribution in [-0.2, 0) is 16.0 Å². The molecule has 0 saturated carbocycles. The van der Waals surface area contributed by atoms with Crippen molar-refractivity contribution in [1.82, 2.24) is 9.80 Å². The lowest BCUT2D eigenvalue weighted by Gasteiger charge is -2.41. The molecule has 0 bridgehead atoms. The number of rotatable bonds is 8. The molecule has 4 atom stereocenters. The van der Waals surface area contributed by atoms with E-state index < -0.39 is 36.4 Å². The van der Waals surface area contributed by atoms with Crippen LogP contribution in [-0.4, -0.2) is 64.3 Å². The summed E-state index contributed by atoms with van der Waals surface area (Å²) >= 11 is 0. The SMILES string of the molecule is CC(C)[C@H](N)C(=O)N1CCC[C@H]1N(C=O)[C@@H](Cc1ccccc1)[C@H](O)C(F)(F)F.Cl. The predicted molar refractivity (Wildman–Crippen MR) is 109 cm³/mol. The van der Waals surface area contributed by atoms with Crippen LogP contribution < -0.4 is 5.73 Å². The first-order chi connectivity index (χ1) is 13.6. The number of carbonyl (C=O) groups excluding carboxylic acids is 2. The third-order valence-electron chi connectivity index (χ3n) is 5.34. The number of likely N-dealkylation sites (tertiary alicyclic amines) is 1. The number of amides is 2. The van der Waals surface area contributed by atoms with Crippen LogP contribution in [0.25, 0.3) is 0 Å². The summed E-state index contributed by atoms with van der Waals surface area (Å²) in [4.78, 5) is 26.9. The average Bonchev–Trinajstić information content (AvgIpc) is 3.15. The summed E-state index contributed by atoms with van der Waals surface area (Å²) in [5.41, 5.74) is 6.49. The number of aliphatic hydroxyl groups excluding tert-OH is 1. The summed E-state index contributed by atoms with van der Waals surface area (Å²) in [6, 6.07) is 5.94. The molecule has 170 valence electrons. The topological polar surface area (TPSA) is 86.9 Å². The fourth-order valence-corrected chi connectivity index (χ4v) is 3.62. The maximum absolute atomic E-state index is 13.4. The largest absolute Gasteiger partial charge is 0.416 e. The highest BCUT2D eigenvalue weighted by Crippen LogP contribution is 2.31. The summed E-state index contributed by atoms with van der Waals surface area (Å²) in [7, 11) is 0. The third-order valence-corrected chi connectivity index (χ3v) is 5.34. The Bertz CT molecular complexity index is 691. The molecule has 2 rings (SSSR count). The molecule has 0 aliphatic carbocycles. The first-order valence-electron chi connectivity index (χ1n) is 9.65. The van der Waals surface area contributed by atoms with Crippen molar-refractivity contribution < 1.29 is 27.9 Å². The maximum atomic E-state index is 13.4. The second kappa shape index (κ2) is 11.0. The van der Waals surface area contributed by atoms with Gasteiger partial charge in [0.25, 0.3) is 0 Å². The van der Waals surface area contributed by atoms with E-state index in [1.54, 1.807) is 44.2 Å². The molecule has 6 nitrogen and oxygen atoms in total. The Labute approximate surface area is 180 Å². The van der Waals surface area contributed by atoms with Gasteiger partial charge in [0.05, 0.1) is 12.1 Å². The number of benzene rings is 1. The summed E-state index contributed by atoms with van der Waals surface area (Å²) in [6.45, 7) is 3.85. The number of hydrogen-bond donors (Lipinski definition) is 2. The van der Waals surface area contributed by atoms with Crippen molar-refractivity contribution in [3.05, 3.63) is 35.9 Å². The van der Waals surface area contributed by atoms with Crippen molar-refractivity contribution in [2.24, 2.45) is 11.7 Å². The zero-order chi connectivity index (χ0) is 21.8. The zero-order valence-corrected chi connectivity index (χ0v) is 17.8. The molecule has 1 aromatic carbocycles. The van der Waals surface area contributed by atoms with Crippen molar-refractivity contribution in [3.8, 4) is 0 Å². The lowest BCUT2D eigenvalue weighted by Crippen LogP contribution is -2.60. The minimum atomic E-state index is -4.91. The van der Waals surface area contributed by atoms with Crippen molar-refractivity contribution in [3.63, 3.8) is 0 Å². The van der Waals surface area contributed by atoms with Crippen molar-refractivity contribution >= 4 is 24.7 Å². The average molecular weight is 452 g/mol. The molecule has 3 N–H and O–H groups in total. The lowest BCUT2D eigenvalue weighted by atomic mass is 9.98. The Morgan fingerprint density at radius 2 is 1.93 bits per heavy atom. The fraction of sp³-hybridized carbons (Fsp3) is 0.600. The number of aliphatic hydroxyl groups is 1. The quantitative estimate of drug-likeness (QED) is 0.594. The molecule has 2 amide bonds. The van der Waals surface area contributed by atoms with Crippen LogP contribution in [0, 0.1) is 5.92 Å². The Hall–Kier alpha value is -1.84. The molecule has 10 heteroatoms. The monoisotopic (exact) mass is 451 g/mol. The zero-order valence-electron chi connectivity index (χ0n) is 17.0.